The first kappa shape index (κ1) is 22.8. The molecule has 7 heteroatoms. The number of carbonyl (C=O) groups is 2. The highest BCUT2D eigenvalue weighted by molar-refractivity contribution is 7.13. The van der Waals surface area contributed by atoms with Crippen molar-refractivity contribution in [3.8, 4) is 27.6 Å². The third-order valence-electron chi connectivity index (χ3n) is 5.97. The predicted octanol–water partition coefficient (Wildman–Crippen LogP) is 5.47. The van der Waals surface area contributed by atoms with Gasteiger partial charge in [0.25, 0.3) is 5.91 Å². The second kappa shape index (κ2) is 9.72. The third-order valence-corrected chi connectivity index (χ3v) is 6.86. The van der Waals surface area contributed by atoms with E-state index < -0.39 is 6.10 Å². The van der Waals surface area contributed by atoms with Crippen LogP contribution in [0.1, 0.15) is 25.5 Å². The summed E-state index contributed by atoms with van der Waals surface area (Å²) in [5, 5.41) is 5.91. The van der Waals surface area contributed by atoms with Gasteiger partial charge >= 0.3 is 0 Å². The highest BCUT2D eigenvalue weighted by Gasteiger charge is 2.33. The van der Waals surface area contributed by atoms with E-state index in [-0.39, 0.29) is 24.4 Å². The van der Waals surface area contributed by atoms with Gasteiger partial charge in [0, 0.05) is 16.5 Å². The Balaban J connectivity index is 1.40. The minimum absolute atomic E-state index is 0.0908. The summed E-state index contributed by atoms with van der Waals surface area (Å²) in [6, 6.07) is 25.2. The third kappa shape index (κ3) is 4.81. The van der Waals surface area contributed by atoms with Crippen LogP contribution in [0.25, 0.3) is 21.8 Å². The maximum absolute atomic E-state index is 13.0. The second-order valence-electron chi connectivity index (χ2n) is 8.47. The van der Waals surface area contributed by atoms with Crippen LogP contribution in [0.5, 0.6) is 5.75 Å². The van der Waals surface area contributed by atoms with Crippen LogP contribution in [-0.4, -0.2) is 29.4 Å². The summed E-state index contributed by atoms with van der Waals surface area (Å²) in [5.74, 6) is 0.0869. The molecule has 0 saturated heterocycles. The van der Waals surface area contributed by atoms with E-state index in [1.165, 1.54) is 4.90 Å². The fraction of sp³-hybridized carbons (Fsp3) is 0.179. The van der Waals surface area contributed by atoms with Crippen molar-refractivity contribution in [1.82, 2.24) is 10.3 Å². The molecule has 176 valence electrons. The van der Waals surface area contributed by atoms with E-state index >= 15 is 0 Å². The monoisotopic (exact) mass is 483 g/mol. The van der Waals surface area contributed by atoms with Crippen LogP contribution >= 0.6 is 11.3 Å². The number of carbonyl (C=O) groups excluding carboxylic acids is 2. The number of ether oxygens (including phenoxy) is 1. The molecule has 35 heavy (non-hydrogen) atoms. The van der Waals surface area contributed by atoms with E-state index in [2.05, 4.69) is 5.32 Å². The van der Waals surface area contributed by atoms with Crippen molar-refractivity contribution < 1.29 is 14.3 Å². The Morgan fingerprint density at radius 2 is 1.77 bits per heavy atom. The van der Waals surface area contributed by atoms with Crippen LogP contribution in [0, 0.1) is 0 Å². The Morgan fingerprint density at radius 1 is 1.06 bits per heavy atom. The molecule has 0 aliphatic carbocycles. The van der Waals surface area contributed by atoms with Crippen LogP contribution in [0.4, 0.5) is 5.69 Å². The van der Waals surface area contributed by atoms with Crippen molar-refractivity contribution in [3.05, 3.63) is 89.8 Å². The standard InChI is InChI=1S/C28H25N3O3S/c1-18(20-9-5-3-6-10-20)29-26(32)16-31-24-15-22(13-14-25(24)34-19(2)28(31)33)23-17-35-27(30-23)21-11-7-4-8-12-21/h3-15,17-19H,16H2,1-2H3,(H,29,32). The predicted molar refractivity (Wildman–Crippen MR) is 138 cm³/mol. The number of benzene rings is 3. The zero-order valence-corrected chi connectivity index (χ0v) is 20.3. The zero-order valence-electron chi connectivity index (χ0n) is 19.5. The number of anilines is 1. The summed E-state index contributed by atoms with van der Waals surface area (Å²) in [6.45, 7) is 3.53. The lowest BCUT2D eigenvalue weighted by atomic mass is 10.1. The van der Waals surface area contributed by atoms with E-state index in [1.54, 1.807) is 18.3 Å². The maximum Gasteiger partial charge on any atom is 0.268 e. The summed E-state index contributed by atoms with van der Waals surface area (Å²) >= 11 is 1.56. The van der Waals surface area contributed by atoms with Crippen LogP contribution in [-0.2, 0) is 9.59 Å². The molecule has 1 aliphatic heterocycles. The summed E-state index contributed by atoms with van der Waals surface area (Å²) in [6.07, 6.45) is -0.670. The fourth-order valence-corrected chi connectivity index (χ4v) is 4.94. The average molecular weight is 484 g/mol. The highest BCUT2D eigenvalue weighted by Crippen LogP contribution is 2.38. The smallest absolute Gasteiger partial charge is 0.268 e. The molecule has 0 saturated carbocycles. The van der Waals surface area contributed by atoms with E-state index in [1.807, 2.05) is 91.2 Å². The summed E-state index contributed by atoms with van der Waals surface area (Å²) in [5.41, 5.74) is 4.30. The molecule has 1 aliphatic rings. The van der Waals surface area contributed by atoms with E-state index in [0.717, 1.165) is 27.4 Å². The molecule has 4 aromatic rings. The molecule has 0 radical (unpaired) electrons. The lowest BCUT2D eigenvalue weighted by Crippen LogP contribution is -2.49. The first-order valence-electron chi connectivity index (χ1n) is 11.5. The minimum Gasteiger partial charge on any atom is -0.479 e. The van der Waals surface area contributed by atoms with Gasteiger partial charge in [0.05, 0.1) is 17.4 Å². The SMILES string of the molecule is CC1Oc2ccc(-c3csc(-c4ccccc4)n3)cc2N(CC(=O)NC(C)c2ccccc2)C1=O. The Hall–Kier alpha value is -3.97. The molecule has 5 rings (SSSR count). The Kier molecular flexibility index (Phi) is 6.33. The van der Waals surface area contributed by atoms with Gasteiger partial charge in [-0.05, 0) is 37.6 Å². The molecule has 2 atom stereocenters. The largest absolute Gasteiger partial charge is 0.479 e. The first-order chi connectivity index (χ1) is 17.0. The normalized spacial score (nSPS) is 15.8. The summed E-state index contributed by atoms with van der Waals surface area (Å²) in [4.78, 5) is 32.2. The first-order valence-corrected chi connectivity index (χ1v) is 12.4. The molecule has 2 unspecified atom stereocenters. The van der Waals surface area contributed by atoms with E-state index in [0.29, 0.717) is 11.4 Å². The average Bonchev–Trinajstić information content (AvgIpc) is 3.38. The molecule has 3 aromatic carbocycles. The molecule has 1 aromatic heterocycles. The van der Waals surface area contributed by atoms with Crippen molar-refractivity contribution in [1.29, 1.82) is 0 Å². The molecular weight excluding hydrogens is 458 g/mol. The molecule has 0 spiro atoms. The van der Waals surface area contributed by atoms with Crippen LogP contribution in [0.3, 0.4) is 0 Å². The van der Waals surface area contributed by atoms with Gasteiger partial charge in [-0.1, -0.05) is 60.7 Å². The topological polar surface area (TPSA) is 71.5 Å². The molecule has 0 bridgehead atoms. The lowest BCUT2D eigenvalue weighted by Gasteiger charge is -2.33. The summed E-state index contributed by atoms with van der Waals surface area (Å²) in [7, 11) is 0. The molecule has 1 N–H and O–H groups in total. The Labute approximate surface area is 208 Å². The highest BCUT2D eigenvalue weighted by atomic mass is 32.1. The van der Waals surface area contributed by atoms with Crippen LogP contribution in [0.2, 0.25) is 0 Å². The van der Waals surface area contributed by atoms with E-state index in [4.69, 9.17) is 9.72 Å². The maximum atomic E-state index is 13.0. The molecule has 6 nitrogen and oxygen atoms in total. The van der Waals surface area contributed by atoms with Crippen molar-refractivity contribution in [2.45, 2.75) is 26.0 Å². The quantitative estimate of drug-likeness (QED) is 0.395. The fourth-order valence-electron chi connectivity index (χ4n) is 4.10. The summed E-state index contributed by atoms with van der Waals surface area (Å²) < 4.78 is 5.83. The number of hydrogen-bond donors (Lipinski definition) is 1. The van der Waals surface area contributed by atoms with Gasteiger partial charge in [0.2, 0.25) is 5.91 Å². The van der Waals surface area contributed by atoms with Crippen molar-refractivity contribution >= 4 is 28.8 Å². The van der Waals surface area contributed by atoms with Gasteiger partial charge < -0.3 is 10.1 Å². The number of nitrogens with zero attached hydrogens (tertiary/aromatic N) is 2. The molecule has 2 amide bonds. The van der Waals surface area contributed by atoms with Crippen LogP contribution in [0.15, 0.2) is 84.2 Å². The van der Waals surface area contributed by atoms with Crippen molar-refractivity contribution in [2.24, 2.45) is 0 Å². The molecular formula is C28H25N3O3S. The molecule has 2 heterocycles. The minimum atomic E-state index is -0.670. The number of amides is 2. The number of aromatic nitrogens is 1. The van der Waals surface area contributed by atoms with Gasteiger partial charge in [-0.25, -0.2) is 4.98 Å². The number of hydrogen-bond acceptors (Lipinski definition) is 5. The zero-order chi connectivity index (χ0) is 24.4. The second-order valence-corrected chi connectivity index (χ2v) is 9.33. The van der Waals surface area contributed by atoms with Gasteiger partial charge in [-0.15, -0.1) is 11.3 Å². The van der Waals surface area contributed by atoms with E-state index in [9.17, 15) is 9.59 Å². The van der Waals surface area contributed by atoms with Gasteiger partial charge in [0.1, 0.15) is 17.3 Å². The molecule has 0 fully saturated rings. The van der Waals surface area contributed by atoms with Gasteiger partial charge in [-0.3, -0.25) is 14.5 Å². The lowest BCUT2D eigenvalue weighted by molar-refractivity contribution is -0.128. The number of thiazole rings is 1. The Morgan fingerprint density at radius 3 is 2.51 bits per heavy atom. The van der Waals surface area contributed by atoms with Crippen molar-refractivity contribution in [2.75, 3.05) is 11.4 Å². The number of rotatable bonds is 6. The van der Waals surface area contributed by atoms with Crippen molar-refractivity contribution in [3.63, 3.8) is 0 Å². The number of fused-ring (bicyclic) bond motifs is 1. The van der Waals surface area contributed by atoms with Gasteiger partial charge in [-0.2, -0.15) is 0 Å². The van der Waals surface area contributed by atoms with Gasteiger partial charge in [0.15, 0.2) is 6.10 Å². The van der Waals surface area contributed by atoms with Crippen LogP contribution < -0.4 is 15.0 Å². The number of nitrogens with one attached hydrogen (secondary N) is 1. The Bertz CT molecular complexity index is 1350.